The zero-order valence-electron chi connectivity index (χ0n) is 21.1. The Balaban J connectivity index is 1.81. The molecule has 3 aromatic carbocycles. The molecule has 9 heteroatoms. The third-order valence-electron chi connectivity index (χ3n) is 5.34. The Morgan fingerprint density at radius 1 is 0.917 bits per heavy atom. The van der Waals surface area contributed by atoms with Crippen LogP contribution in [0.4, 0.5) is 5.69 Å². The third kappa shape index (κ3) is 6.69. The first kappa shape index (κ1) is 26.9. The first-order chi connectivity index (χ1) is 17.1. The van der Waals surface area contributed by atoms with Crippen LogP contribution in [0.25, 0.3) is 0 Å². The van der Waals surface area contributed by atoms with Crippen molar-refractivity contribution in [3.63, 3.8) is 0 Å². The summed E-state index contributed by atoms with van der Waals surface area (Å²) in [6, 6.07) is 18.4. The van der Waals surface area contributed by atoms with Crippen LogP contribution >= 0.6 is 0 Å². The number of nitrogens with one attached hydrogen (secondary N) is 1. The smallest absolute Gasteiger partial charge is 0.264 e. The van der Waals surface area contributed by atoms with Crippen LogP contribution in [0.15, 0.2) is 71.6 Å². The zero-order valence-corrected chi connectivity index (χ0v) is 22.0. The summed E-state index contributed by atoms with van der Waals surface area (Å²) in [5, 5.41) is 2.80. The summed E-state index contributed by atoms with van der Waals surface area (Å²) in [7, 11) is -0.924. The van der Waals surface area contributed by atoms with E-state index in [-0.39, 0.29) is 17.5 Å². The lowest BCUT2D eigenvalue weighted by Crippen LogP contribution is -2.40. The molecule has 36 heavy (non-hydrogen) atoms. The normalized spacial score (nSPS) is 11.2. The fourth-order valence-corrected chi connectivity index (χ4v) is 4.88. The topological polar surface area (TPSA) is 94.2 Å². The quantitative estimate of drug-likeness (QED) is 0.412. The molecule has 0 radical (unpaired) electrons. The molecular formula is C27H32N2O6S. The van der Waals surface area contributed by atoms with E-state index in [1.165, 1.54) is 19.2 Å². The summed E-state index contributed by atoms with van der Waals surface area (Å²) in [4.78, 5) is 13.0. The Hall–Kier alpha value is -3.72. The predicted molar refractivity (Wildman–Crippen MR) is 139 cm³/mol. The maximum Gasteiger partial charge on any atom is 0.264 e. The lowest BCUT2D eigenvalue weighted by Gasteiger charge is -2.24. The Bertz CT molecular complexity index is 1270. The van der Waals surface area contributed by atoms with Crippen molar-refractivity contribution in [3.05, 3.63) is 77.9 Å². The van der Waals surface area contributed by atoms with Crippen molar-refractivity contribution in [2.24, 2.45) is 0 Å². The Labute approximate surface area is 212 Å². The summed E-state index contributed by atoms with van der Waals surface area (Å²) in [6.07, 6.45) is -0.0103. The number of amides is 1. The highest BCUT2D eigenvalue weighted by Gasteiger charge is 2.27. The minimum Gasteiger partial charge on any atom is -0.497 e. The Morgan fingerprint density at radius 3 is 2.17 bits per heavy atom. The third-order valence-corrected chi connectivity index (χ3v) is 7.13. The number of anilines is 1. The summed E-state index contributed by atoms with van der Waals surface area (Å²) in [5.74, 6) is 1.28. The molecule has 0 fully saturated rings. The molecule has 192 valence electrons. The van der Waals surface area contributed by atoms with Gasteiger partial charge >= 0.3 is 0 Å². The van der Waals surface area contributed by atoms with Crippen molar-refractivity contribution in [1.29, 1.82) is 0 Å². The van der Waals surface area contributed by atoms with Gasteiger partial charge in [-0.05, 0) is 74.9 Å². The standard InChI is InChI=1S/C27H32N2O6S/c1-19(2)35-25-15-8-21(16-26(25)34-5)17-28-27(30)18-29(22-9-11-23(33-4)12-10-22)36(31,32)24-13-6-20(3)7-14-24/h6-16,19H,17-18H2,1-5H3,(H,28,30). The van der Waals surface area contributed by atoms with E-state index < -0.39 is 22.5 Å². The fraction of sp³-hybridized carbons (Fsp3) is 0.296. The molecule has 1 amide bonds. The number of carbonyl (C=O) groups is 1. The van der Waals surface area contributed by atoms with Gasteiger partial charge in [-0.15, -0.1) is 0 Å². The van der Waals surface area contributed by atoms with Crippen molar-refractivity contribution >= 4 is 21.6 Å². The summed E-state index contributed by atoms with van der Waals surface area (Å²) >= 11 is 0. The van der Waals surface area contributed by atoms with Gasteiger partial charge in [-0.3, -0.25) is 9.10 Å². The lowest BCUT2D eigenvalue weighted by molar-refractivity contribution is -0.119. The summed E-state index contributed by atoms with van der Waals surface area (Å²) in [5.41, 5.74) is 2.07. The van der Waals surface area contributed by atoms with Crippen LogP contribution in [-0.4, -0.2) is 41.2 Å². The van der Waals surface area contributed by atoms with Gasteiger partial charge in [0.25, 0.3) is 10.0 Å². The highest BCUT2D eigenvalue weighted by Crippen LogP contribution is 2.29. The second kappa shape index (κ2) is 11.8. The van der Waals surface area contributed by atoms with E-state index in [4.69, 9.17) is 14.2 Å². The van der Waals surface area contributed by atoms with Crippen molar-refractivity contribution in [2.75, 3.05) is 25.1 Å². The predicted octanol–water partition coefficient (Wildman–Crippen LogP) is 4.31. The lowest BCUT2D eigenvalue weighted by atomic mass is 10.2. The highest BCUT2D eigenvalue weighted by atomic mass is 32.2. The molecule has 0 spiro atoms. The monoisotopic (exact) mass is 512 g/mol. The van der Waals surface area contributed by atoms with Crippen molar-refractivity contribution < 1.29 is 27.4 Å². The van der Waals surface area contributed by atoms with Crippen LogP contribution < -0.4 is 23.8 Å². The Morgan fingerprint density at radius 2 is 1.58 bits per heavy atom. The van der Waals surface area contributed by atoms with Crippen LogP contribution in [0.3, 0.4) is 0 Å². The largest absolute Gasteiger partial charge is 0.497 e. The number of aryl methyl sites for hydroxylation is 1. The molecule has 0 saturated heterocycles. The summed E-state index contributed by atoms with van der Waals surface area (Å²) < 4.78 is 44.4. The van der Waals surface area contributed by atoms with Gasteiger partial charge in [-0.2, -0.15) is 0 Å². The second-order valence-electron chi connectivity index (χ2n) is 8.45. The second-order valence-corrected chi connectivity index (χ2v) is 10.3. The molecule has 3 aromatic rings. The first-order valence-corrected chi connectivity index (χ1v) is 12.9. The molecule has 0 aromatic heterocycles. The molecule has 0 bridgehead atoms. The molecular weight excluding hydrogens is 480 g/mol. The number of benzene rings is 3. The van der Waals surface area contributed by atoms with Crippen LogP contribution in [0, 0.1) is 6.92 Å². The molecule has 0 heterocycles. The van der Waals surface area contributed by atoms with Crippen molar-refractivity contribution in [3.8, 4) is 17.2 Å². The number of methoxy groups -OCH3 is 2. The maximum atomic E-state index is 13.5. The van der Waals surface area contributed by atoms with Crippen molar-refractivity contribution in [1.82, 2.24) is 5.32 Å². The van der Waals surface area contributed by atoms with Crippen LogP contribution in [-0.2, 0) is 21.4 Å². The van der Waals surface area contributed by atoms with Gasteiger partial charge in [0, 0.05) is 6.54 Å². The van der Waals surface area contributed by atoms with Gasteiger partial charge in [0.2, 0.25) is 5.91 Å². The minimum absolute atomic E-state index is 0.0103. The minimum atomic E-state index is -4.00. The summed E-state index contributed by atoms with van der Waals surface area (Å²) in [6.45, 7) is 5.52. The molecule has 0 aliphatic heterocycles. The molecule has 0 saturated carbocycles. The van der Waals surface area contributed by atoms with Crippen molar-refractivity contribution in [2.45, 2.75) is 38.3 Å². The van der Waals surface area contributed by atoms with Crippen LogP contribution in [0.5, 0.6) is 17.2 Å². The van der Waals surface area contributed by atoms with Gasteiger partial charge in [0.05, 0.1) is 30.9 Å². The number of hydrogen-bond acceptors (Lipinski definition) is 6. The van der Waals surface area contributed by atoms with E-state index in [1.54, 1.807) is 55.6 Å². The van der Waals surface area contributed by atoms with E-state index >= 15 is 0 Å². The highest BCUT2D eigenvalue weighted by molar-refractivity contribution is 7.92. The van der Waals surface area contributed by atoms with Gasteiger partial charge in [0.1, 0.15) is 12.3 Å². The number of rotatable bonds is 11. The van der Waals surface area contributed by atoms with E-state index in [9.17, 15) is 13.2 Å². The zero-order chi connectivity index (χ0) is 26.3. The van der Waals surface area contributed by atoms with Gasteiger partial charge in [-0.1, -0.05) is 23.8 Å². The van der Waals surface area contributed by atoms with Gasteiger partial charge < -0.3 is 19.5 Å². The molecule has 0 aliphatic carbocycles. The number of nitrogens with zero attached hydrogens (tertiary/aromatic N) is 1. The van der Waals surface area contributed by atoms with E-state index in [0.29, 0.717) is 22.9 Å². The average molecular weight is 513 g/mol. The number of sulfonamides is 1. The SMILES string of the molecule is COc1ccc(N(CC(=O)NCc2ccc(OC(C)C)c(OC)c2)S(=O)(=O)c2ccc(C)cc2)cc1. The Kier molecular flexibility index (Phi) is 8.82. The van der Waals surface area contributed by atoms with Gasteiger partial charge in [0.15, 0.2) is 11.5 Å². The van der Waals surface area contributed by atoms with Gasteiger partial charge in [-0.25, -0.2) is 8.42 Å². The first-order valence-electron chi connectivity index (χ1n) is 11.5. The molecule has 0 atom stereocenters. The van der Waals surface area contributed by atoms with E-state index in [0.717, 1.165) is 15.4 Å². The van der Waals surface area contributed by atoms with Crippen LogP contribution in [0.1, 0.15) is 25.0 Å². The number of hydrogen-bond donors (Lipinski definition) is 1. The average Bonchev–Trinajstić information content (AvgIpc) is 2.86. The van der Waals surface area contributed by atoms with E-state index in [2.05, 4.69) is 5.32 Å². The fourth-order valence-electron chi connectivity index (χ4n) is 3.46. The molecule has 0 aliphatic rings. The van der Waals surface area contributed by atoms with E-state index in [1.807, 2.05) is 26.8 Å². The molecule has 1 N–H and O–H groups in total. The number of ether oxygens (including phenoxy) is 3. The molecule has 3 rings (SSSR count). The maximum absolute atomic E-state index is 13.5. The van der Waals surface area contributed by atoms with Crippen LogP contribution in [0.2, 0.25) is 0 Å². The molecule has 0 unspecified atom stereocenters. The molecule has 8 nitrogen and oxygen atoms in total. The number of carbonyl (C=O) groups excluding carboxylic acids is 1.